The second-order valence-electron chi connectivity index (χ2n) is 28.2. The minimum absolute atomic E-state index is 0.888. The average Bonchev–Trinajstić information content (AvgIpc) is 0.767. The first-order chi connectivity index (χ1) is 55.4. The van der Waals surface area contributed by atoms with Crippen LogP contribution in [0.25, 0.3) is 221 Å². The summed E-state index contributed by atoms with van der Waals surface area (Å²) in [5.74, 6) is 0. The Labute approximate surface area is 642 Å². The molecule has 11 heterocycles. The summed E-state index contributed by atoms with van der Waals surface area (Å²) in [7, 11) is 0. The van der Waals surface area contributed by atoms with Crippen LogP contribution in [-0.4, -0.2) is 54.8 Å². The van der Waals surface area contributed by atoms with Gasteiger partial charge < -0.3 is 0 Å². The first-order valence-corrected chi connectivity index (χ1v) is 37.3. The standard InChI is InChI=1S/C53H33N5.C48H28N6/c1-2-25-54-47(16-1)38-10-3-11-39(30-38)48-23-19-40-28-36(17-21-49(40)57-48)37-18-22-50-41(29-37)20-24-51(58-50)44-32-42(45-14-4-8-34-12-6-26-55-52(34)45)31-43(33-44)46-15-5-9-35-13-7-27-56-53(35)46;1-5-33(27-34(6-1)43-17-12-30-11-10-29-7-2-22-49-45(29)47(30)54-43)40-20-15-35-25-31(13-18-41(35)52-40)32-14-19-42-36(26-32)16-21-44(53-42)39-28-37-8-3-23-50-46(37)48-38(39)9-4-24-51-48/h1-33H;1-28H. The smallest absolute Gasteiger partial charge is 0.0972 e. The van der Waals surface area contributed by atoms with Gasteiger partial charge in [-0.15, -0.1) is 0 Å². The van der Waals surface area contributed by atoms with Crippen molar-refractivity contribution >= 4 is 109 Å². The summed E-state index contributed by atoms with van der Waals surface area (Å²) in [5, 5.41) is 10.8. The molecule has 0 saturated carbocycles. The highest BCUT2D eigenvalue weighted by atomic mass is 14.8. The highest BCUT2D eigenvalue weighted by molar-refractivity contribution is 6.11. The predicted octanol–water partition coefficient (Wildman–Crippen LogP) is 24.9. The molecule has 0 fully saturated rings. The van der Waals surface area contributed by atoms with Gasteiger partial charge in [0.15, 0.2) is 0 Å². The molecule has 0 amide bonds. The first kappa shape index (κ1) is 65.0. The van der Waals surface area contributed by atoms with Crippen LogP contribution in [0.5, 0.6) is 0 Å². The van der Waals surface area contributed by atoms with Crippen molar-refractivity contribution < 1.29 is 0 Å². The SMILES string of the molecule is c1cc(-c2ccc3cc(-c4ccc5nc(-c6cc7cccnc7c7ncccc67)ccc5c4)ccc3n2)cc(-c2ccc3ccc4cccnc4c3n2)c1.c1ccc(-c2cccc(-c3ccc4cc(-c5ccc6nc(-c7cc(-c8cccc9cccnc89)cc(-c8cccc9cccnc89)c7)ccc6c5)ccc4n3)c2)nc1. The second-order valence-corrected chi connectivity index (χ2v) is 28.2. The van der Waals surface area contributed by atoms with Gasteiger partial charge in [-0.3, -0.25) is 29.9 Å². The minimum Gasteiger partial charge on any atom is -0.256 e. The van der Waals surface area contributed by atoms with Gasteiger partial charge in [-0.1, -0.05) is 176 Å². The lowest BCUT2D eigenvalue weighted by atomic mass is 9.92. The van der Waals surface area contributed by atoms with Gasteiger partial charge in [0.1, 0.15) is 0 Å². The highest BCUT2D eigenvalue weighted by Crippen LogP contribution is 2.41. The molecule has 0 aliphatic heterocycles. The first-order valence-electron chi connectivity index (χ1n) is 37.3. The lowest BCUT2D eigenvalue weighted by molar-refractivity contribution is 1.32. The van der Waals surface area contributed by atoms with Crippen molar-refractivity contribution in [2.45, 2.75) is 0 Å². The molecular formula is C101H61N11. The van der Waals surface area contributed by atoms with Gasteiger partial charge in [0.05, 0.1) is 89.3 Å². The Bertz CT molecular complexity index is 7450. The maximum Gasteiger partial charge on any atom is 0.0972 e. The van der Waals surface area contributed by atoms with Crippen molar-refractivity contribution in [2.24, 2.45) is 0 Å². The third-order valence-electron chi connectivity index (χ3n) is 21.3. The van der Waals surface area contributed by atoms with E-state index in [0.29, 0.717) is 0 Å². The summed E-state index contributed by atoms with van der Waals surface area (Å²) in [6.45, 7) is 0. The number of fused-ring (bicyclic) bond motifs is 12. The van der Waals surface area contributed by atoms with Crippen LogP contribution in [0.1, 0.15) is 0 Å². The largest absolute Gasteiger partial charge is 0.256 e. The lowest BCUT2D eigenvalue weighted by Gasteiger charge is -2.14. The van der Waals surface area contributed by atoms with Crippen LogP contribution in [0.3, 0.4) is 0 Å². The minimum atomic E-state index is 0.888. The topological polar surface area (TPSA) is 142 Å². The molecule has 520 valence electrons. The van der Waals surface area contributed by atoms with E-state index in [9.17, 15) is 0 Å². The van der Waals surface area contributed by atoms with E-state index in [-0.39, 0.29) is 0 Å². The van der Waals surface area contributed by atoms with E-state index in [4.69, 9.17) is 34.9 Å². The monoisotopic (exact) mass is 1430 g/mol. The molecule has 11 nitrogen and oxygen atoms in total. The Morgan fingerprint density at radius 2 is 0.491 bits per heavy atom. The van der Waals surface area contributed by atoms with Crippen LogP contribution in [-0.2, 0) is 0 Å². The zero-order chi connectivity index (χ0) is 74.0. The molecule has 0 N–H and O–H groups in total. The molecule has 0 atom stereocenters. The molecule has 11 aromatic heterocycles. The number of hydrogen-bond acceptors (Lipinski definition) is 11. The quantitative estimate of drug-likeness (QED) is 0.121. The molecule has 0 bridgehead atoms. The van der Waals surface area contributed by atoms with E-state index in [1.54, 1.807) is 0 Å². The number of benzene rings is 11. The molecule has 11 heteroatoms. The van der Waals surface area contributed by atoms with Crippen molar-refractivity contribution in [3.8, 4) is 112 Å². The third-order valence-corrected chi connectivity index (χ3v) is 21.3. The maximum atomic E-state index is 5.24. The summed E-state index contributed by atoms with van der Waals surface area (Å²) in [5.41, 5.74) is 30.0. The van der Waals surface area contributed by atoms with E-state index < -0.39 is 0 Å². The van der Waals surface area contributed by atoms with E-state index in [1.165, 1.54) is 0 Å². The maximum absolute atomic E-state index is 5.24. The number of rotatable bonds is 10. The van der Waals surface area contributed by atoms with Gasteiger partial charge in [-0.2, -0.15) is 0 Å². The zero-order valence-electron chi connectivity index (χ0n) is 60.1. The van der Waals surface area contributed by atoms with E-state index >= 15 is 0 Å². The van der Waals surface area contributed by atoms with Crippen LogP contribution in [0, 0.1) is 0 Å². The summed E-state index contributed by atoms with van der Waals surface area (Å²) in [4.78, 5) is 53.6. The second kappa shape index (κ2) is 27.5. The predicted molar refractivity (Wildman–Crippen MR) is 458 cm³/mol. The van der Waals surface area contributed by atoms with Crippen molar-refractivity contribution in [3.63, 3.8) is 0 Å². The normalized spacial score (nSPS) is 11.6. The summed E-state index contributed by atoms with van der Waals surface area (Å²) >= 11 is 0. The van der Waals surface area contributed by atoms with E-state index in [0.717, 1.165) is 221 Å². The molecule has 0 unspecified atom stereocenters. The van der Waals surface area contributed by atoms with Gasteiger partial charge in [0, 0.05) is 136 Å². The molecule has 0 spiro atoms. The van der Waals surface area contributed by atoms with Crippen LogP contribution in [0.4, 0.5) is 0 Å². The van der Waals surface area contributed by atoms with Crippen molar-refractivity contribution in [1.29, 1.82) is 0 Å². The van der Waals surface area contributed by atoms with Crippen LogP contribution in [0.15, 0.2) is 371 Å². The summed E-state index contributed by atoms with van der Waals surface area (Å²) < 4.78 is 0. The van der Waals surface area contributed by atoms with Gasteiger partial charge in [-0.05, 0) is 191 Å². The summed E-state index contributed by atoms with van der Waals surface area (Å²) in [6, 6.07) is 116. The fourth-order valence-corrected chi connectivity index (χ4v) is 15.7. The Morgan fingerprint density at radius 1 is 0.143 bits per heavy atom. The van der Waals surface area contributed by atoms with Crippen LogP contribution >= 0.6 is 0 Å². The van der Waals surface area contributed by atoms with Crippen LogP contribution < -0.4 is 0 Å². The molecule has 0 aliphatic carbocycles. The molecule has 0 radical (unpaired) electrons. The average molecular weight is 1430 g/mol. The highest BCUT2D eigenvalue weighted by Gasteiger charge is 2.18. The molecule has 0 aliphatic rings. The fraction of sp³-hybridized carbons (Fsp3) is 0. The van der Waals surface area contributed by atoms with E-state index in [2.05, 4.69) is 305 Å². The van der Waals surface area contributed by atoms with Crippen LogP contribution in [0.2, 0.25) is 0 Å². The molecule has 0 saturated heterocycles. The number of para-hydroxylation sites is 2. The molecular weight excluding hydrogens is 1370 g/mol. The fourth-order valence-electron chi connectivity index (χ4n) is 15.7. The van der Waals surface area contributed by atoms with Crippen molar-refractivity contribution in [1.82, 2.24) is 54.8 Å². The van der Waals surface area contributed by atoms with Gasteiger partial charge in [-0.25, -0.2) is 24.9 Å². The Hall–Kier alpha value is -15.3. The Kier molecular flexibility index (Phi) is 15.9. The van der Waals surface area contributed by atoms with Crippen molar-refractivity contribution in [3.05, 3.63) is 371 Å². The summed E-state index contributed by atoms with van der Waals surface area (Å²) in [6.07, 6.45) is 11.0. The molecule has 112 heavy (non-hydrogen) atoms. The van der Waals surface area contributed by atoms with Gasteiger partial charge in [0.25, 0.3) is 0 Å². The lowest BCUT2D eigenvalue weighted by Crippen LogP contribution is -1.92. The van der Waals surface area contributed by atoms with Gasteiger partial charge in [0.2, 0.25) is 0 Å². The van der Waals surface area contributed by atoms with Crippen molar-refractivity contribution in [2.75, 3.05) is 0 Å². The molecule has 22 aromatic rings. The molecule has 22 rings (SSSR count). The number of aromatic nitrogens is 11. The Balaban J connectivity index is 0.000000142. The number of pyridine rings is 11. The molecule has 11 aromatic carbocycles. The van der Waals surface area contributed by atoms with Gasteiger partial charge >= 0.3 is 0 Å². The Morgan fingerprint density at radius 3 is 0.991 bits per heavy atom. The van der Waals surface area contributed by atoms with E-state index in [1.807, 2.05) is 85.7 Å². The number of hydrogen-bond donors (Lipinski definition) is 0. The third kappa shape index (κ3) is 12.1. The zero-order valence-corrected chi connectivity index (χ0v) is 60.1. The number of nitrogens with zero attached hydrogens (tertiary/aromatic N) is 11.